The van der Waals surface area contributed by atoms with Gasteiger partial charge in [-0.2, -0.15) is 0 Å². The average Bonchev–Trinajstić information content (AvgIpc) is 3.46. The molecule has 3 rings (SSSR count). The summed E-state index contributed by atoms with van der Waals surface area (Å²) in [6.45, 7) is 2.23. The zero-order chi connectivity index (χ0) is 18.4. The highest BCUT2D eigenvalue weighted by Crippen LogP contribution is 2.39. The number of allylic oxidation sites excluding steroid dienone is 2. The zero-order valence-electron chi connectivity index (χ0n) is 16.1. The van der Waals surface area contributed by atoms with Crippen LogP contribution in [0.2, 0.25) is 5.02 Å². The van der Waals surface area contributed by atoms with Gasteiger partial charge in [0.05, 0.1) is 16.9 Å². The van der Waals surface area contributed by atoms with Crippen LogP contribution in [0.5, 0.6) is 0 Å². The van der Waals surface area contributed by atoms with Crippen molar-refractivity contribution in [2.24, 2.45) is 10.9 Å². The van der Waals surface area contributed by atoms with E-state index >= 15 is 0 Å². The Hall–Kier alpha value is -1.42. The smallest absolute Gasteiger partial charge is 0.223 e. The Bertz CT molecular complexity index is 658. The second-order valence-electron chi connectivity index (χ2n) is 7.67. The van der Waals surface area contributed by atoms with Gasteiger partial charge >= 0.3 is 0 Å². The number of rotatable bonds is 8. The summed E-state index contributed by atoms with van der Waals surface area (Å²) in [5, 5.41) is 4.13. The van der Waals surface area contributed by atoms with Gasteiger partial charge in [-0.3, -0.25) is 4.99 Å². The van der Waals surface area contributed by atoms with Crippen LogP contribution in [0, 0.1) is 5.92 Å². The third-order valence-corrected chi connectivity index (χ3v) is 5.64. The van der Waals surface area contributed by atoms with Crippen molar-refractivity contribution in [2.45, 2.75) is 77.2 Å². The van der Waals surface area contributed by atoms with Gasteiger partial charge < -0.3 is 5.32 Å². The minimum absolute atomic E-state index is 0.478. The van der Waals surface area contributed by atoms with Gasteiger partial charge in [0.2, 0.25) is 5.95 Å². The molecule has 2 aliphatic rings. The summed E-state index contributed by atoms with van der Waals surface area (Å²) in [6.07, 6.45) is 16.0. The van der Waals surface area contributed by atoms with E-state index in [0.29, 0.717) is 17.0 Å². The number of aromatic nitrogens is 2. The van der Waals surface area contributed by atoms with E-state index in [9.17, 15) is 0 Å². The van der Waals surface area contributed by atoms with Crippen molar-refractivity contribution in [3.63, 3.8) is 0 Å². The summed E-state index contributed by atoms with van der Waals surface area (Å²) in [4.78, 5) is 13.6. The largest absolute Gasteiger partial charge is 0.351 e. The zero-order valence-corrected chi connectivity index (χ0v) is 16.9. The standard InChI is InChI=1S/C21H31ClN4/c1-3-7-16(12-15-10-11-15)18(13-23-2)20-19(22)14-24-21(26-20)25-17-8-5-4-6-9-17/h13-15,17H,3-12H2,1-2H3,(H,24,25,26)/b18-16-,23-13?. The minimum Gasteiger partial charge on any atom is -0.351 e. The van der Waals surface area contributed by atoms with Crippen molar-refractivity contribution in [3.8, 4) is 0 Å². The van der Waals surface area contributed by atoms with Crippen LogP contribution >= 0.6 is 11.6 Å². The van der Waals surface area contributed by atoms with Gasteiger partial charge in [0, 0.05) is 24.9 Å². The third kappa shape index (κ3) is 5.29. The molecule has 5 heteroatoms. The topological polar surface area (TPSA) is 50.2 Å². The highest BCUT2D eigenvalue weighted by atomic mass is 35.5. The van der Waals surface area contributed by atoms with Crippen molar-refractivity contribution in [1.82, 2.24) is 9.97 Å². The predicted octanol–water partition coefficient (Wildman–Crippen LogP) is 5.93. The van der Waals surface area contributed by atoms with Crippen molar-refractivity contribution < 1.29 is 0 Å². The Morgan fingerprint density at radius 1 is 1.27 bits per heavy atom. The fraction of sp³-hybridized carbons (Fsp3) is 0.667. The van der Waals surface area contributed by atoms with E-state index in [4.69, 9.17) is 16.6 Å². The predicted molar refractivity (Wildman–Crippen MR) is 111 cm³/mol. The van der Waals surface area contributed by atoms with Crippen LogP contribution in [0.1, 0.15) is 76.8 Å². The fourth-order valence-electron chi connectivity index (χ4n) is 3.82. The molecule has 1 N–H and O–H groups in total. The SMILES string of the molecule is CCC/C(CC1CC1)=C(\C=NC)c1nc(NC2CCCCC2)ncc1Cl. The van der Waals surface area contributed by atoms with Gasteiger partial charge in [0.1, 0.15) is 0 Å². The van der Waals surface area contributed by atoms with Crippen molar-refractivity contribution in [1.29, 1.82) is 0 Å². The molecule has 0 atom stereocenters. The van der Waals surface area contributed by atoms with E-state index in [1.165, 1.54) is 50.5 Å². The van der Waals surface area contributed by atoms with E-state index in [1.54, 1.807) is 6.20 Å². The third-order valence-electron chi connectivity index (χ3n) is 5.36. The number of halogens is 1. The summed E-state index contributed by atoms with van der Waals surface area (Å²) < 4.78 is 0. The van der Waals surface area contributed by atoms with Crippen LogP contribution in [0.3, 0.4) is 0 Å². The number of hydrogen-bond donors (Lipinski definition) is 1. The number of aliphatic imine (C=N–C) groups is 1. The number of anilines is 1. The lowest BCUT2D eigenvalue weighted by Crippen LogP contribution is -2.23. The molecule has 142 valence electrons. The average molecular weight is 375 g/mol. The van der Waals surface area contributed by atoms with Crippen molar-refractivity contribution in [2.75, 3.05) is 12.4 Å². The molecule has 0 unspecified atom stereocenters. The Kier molecular flexibility index (Phi) is 7.07. The first-order valence-electron chi connectivity index (χ1n) is 10.1. The van der Waals surface area contributed by atoms with E-state index in [2.05, 4.69) is 22.2 Å². The first-order chi connectivity index (χ1) is 12.7. The molecule has 0 amide bonds. The molecular formula is C21H31ClN4. The molecule has 2 aliphatic carbocycles. The molecule has 2 fully saturated rings. The minimum atomic E-state index is 0.478. The fourth-order valence-corrected chi connectivity index (χ4v) is 4.02. The highest BCUT2D eigenvalue weighted by molar-refractivity contribution is 6.33. The lowest BCUT2D eigenvalue weighted by Gasteiger charge is -2.23. The van der Waals surface area contributed by atoms with E-state index < -0.39 is 0 Å². The summed E-state index contributed by atoms with van der Waals surface area (Å²) in [7, 11) is 1.82. The maximum atomic E-state index is 6.52. The maximum absolute atomic E-state index is 6.52. The summed E-state index contributed by atoms with van der Waals surface area (Å²) >= 11 is 6.52. The summed E-state index contributed by atoms with van der Waals surface area (Å²) in [6, 6.07) is 0.478. The second-order valence-corrected chi connectivity index (χ2v) is 8.08. The Morgan fingerprint density at radius 2 is 2.04 bits per heavy atom. The Morgan fingerprint density at radius 3 is 2.69 bits per heavy atom. The lowest BCUT2D eigenvalue weighted by atomic mass is 9.95. The monoisotopic (exact) mass is 374 g/mol. The molecule has 26 heavy (non-hydrogen) atoms. The number of nitrogens with zero attached hydrogens (tertiary/aromatic N) is 3. The molecule has 1 aromatic heterocycles. The molecule has 2 saturated carbocycles. The number of nitrogens with one attached hydrogen (secondary N) is 1. The Balaban J connectivity index is 1.90. The van der Waals surface area contributed by atoms with E-state index in [-0.39, 0.29) is 0 Å². The van der Waals surface area contributed by atoms with Crippen LogP contribution in [0.25, 0.3) is 5.57 Å². The lowest BCUT2D eigenvalue weighted by molar-refractivity contribution is 0.461. The molecular weight excluding hydrogens is 344 g/mol. The molecule has 0 bridgehead atoms. The molecule has 0 aromatic carbocycles. The maximum Gasteiger partial charge on any atom is 0.223 e. The van der Waals surface area contributed by atoms with Gasteiger partial charge in [-0.15, -0.1) is 0 Å². The molecule has 0 saturated heterocycles. The second kappa shape index (κ2) is 9.50. The quantitative estimate of drug-likeness (QED) is 0.573. The molecule has 1 aromatic rings. The first kappa shape index (κ1) is 19.3. The van der Waals surface area contributed by atoms with E-state index in [0.717, 1.165) is 36.4 Å². The molecule has 0 aliphatic heterocycles. The summed E-state index contributed by atoms with van der Waals surface area (Å²) in [5.74, 6) is 1.53. The van der Waals surface area contributed by atoms with Crippen LogP contribution in [-0.4, -0.2) is 29.3 Å². The van der Waals surface area contributed by atoms with E-state index in [1.807, 2.05) is 13.3 Å². The van der Waals surface area contributed by atoms with Crippen LogP contribution in [0.4, 0.5) is 5.95 Å². The van der Waals surface area contributed by atoms with Crippen LogP contribution in [-0.2, 0) is 0 Å². The molecule has 0 radical (unpaired) electrons. The van der Waals surface area contributed by atoms with Crippen LogP contribution < -0.4 is 5.32 Å². The number of hydrogen-bond acceptors (Lipinski definition) is 4. The normalized spacial score (nSPS) is 19.7. The van der Waals surface area contributed by atoms with Crippen LogP contribution in [0.15, 0.2) is 16.8 Å². The van der Waals surface area contributed by atoms with Gasteiger partial charge in [-0.25, -0.2) is 9.97 Å². The van der Waals surface area contributed by atoms with Crippen molar-refractivity contribution in [3.05, 3.63) is 22.5 Å². The van der Waals surface area contributed by atoms with Gasteiger partial charge in [-0.1, -0.05) is 49.8 Å². The Labute approximate surface area is 162 Å². The molecule has 0 spiro atoms. The molecule has 4 nitrogen and oxygen atoms in total. The highest BCUT2D eigenvalue weighted by Gasteiger charge is 2.25. The van der Waals surface area contributed by atoms with Gasteiger partial charge in [0.15, 0.2) is 0 Å². The van der Waals surface area contributed by atoms with Gasteiger partial charge in [0.25, 0.3) is 0 Å². The molecule has 1 heterocycles. The van der Waals surface area contributed by atoms with Crippen molar-refractivity contribution >= 4 is 29.3 Å². The van der Waals surface area contributed by atoms with Gasteiger partial charge in [-0.05, 0) is 44.4 Å². The summed E-state index contributed by atoms with van der Waals surface area (Å²) in [5.41, 5.74) is 3.36. The first-order valence-corrected chi connectivity index (χ1v) is 10.5.